The molecular weight excluding hydrogens is 308 g/mol. The molecule has 2 aromatic carbocycles. The summed E-state index contributed by atoms with van der Waals surface area (Å²) < 4.78 is 7.14. The Morgan fingerprint density at radius 2 is 1.21 bits per heavy atom. The molecule has 1 nitrogen and oxygen atoms in total. The van der Waals surface area contributed by atoms with Crippen LogP contribution in [0.5, 0.6) is 0 Å². The fraction of sp³-hybridized carbons (Fsp3) is 0.455. The average Bonchev–Trinajstić information content (AvgIpc) is 2.53. The third-order valence-corrected chi connectivity index (χ3v) is 7.26. The van der Waals surface area contributed by atoms with Crippen molar-refractivity contribution in [2.45, 2.75) is 58.9 Å². The number of rotatable bonds is 6. The van der Waals surface area contributed by atoms with Crippen LogP contribution in [0.25, 0.3) is 0 Å². The summed E-state index contributed by atoms with van der Waals surface area (Å²) in [6, 6.07) is 22.7. The summed E-state index contributed by atoms with van der Waals surface area (Å²) in [6.07, 6.45) is 1.17. The first-order valence-corrected chi connectivity index (χ1v) is 12.2. The van der Waals surface area contributed by atoms with Gasteiger partial charge in [-0.1, -0.05) is 94.8 Å². The van der Waals surface area contributed by atoms with Crippen LogP contribution in [0.15, 0.2) is 60.7 Å². The van der Waals surface area contributed by atoms with Crippen LogP contribution < -0.4 is 0 Å². The maximum Gasteiger partial charge on any atom is 0.188 e. The van der Waals surface area contributed by atoms with Crippen LogP contribution in [0.2, 0.25) is 19.1 Å². The standard InChI is InChI=1S/C22H32OSi/c1-7-18-24(5,6)23-22(21(2,3)4,19-14-10-8-11-15-19)20-16-12-9-13-17-20/h8-17H,7,18H2,1-6H3. The summed E-state index contributed by atoms with van der Waals surface area (Å²) in [7, 11) is -1.81. The van der Waals surface area contributed by atoms with Gasteiger partial charge in [-0.25, -0.2) is 0 Å². The molecule has 2 rings (SSSR count). The molecular formula is C22H32OSi. The van der Waals surface area contributed by atoms with E-state index in [-0.39, 0.29) is 5.41 Å². The van der Waals surface area contributed by atoms with Gasteiger partial charge in [-0.2, -0.15) is 0 Å². The van der Waals surface area contributed by atoms with Gasteiger partial charge in [-0.05, 0) is 35.7 Å². The van der Waals surface area contributed by atoms with Crippen LogP contribution in [-0.4, -0.2) is 8.32 Å². The molecule has 0 radical (unpaired) electrons. The molecule has 0 atom stereocenters. The minimum absolute atomic E-state index is 0.0618. The fourth-order valence-electron chi connectivity index (χ4n) is 3.72. The second-order valence-corrected chi connectivity index (χ2v) is 12.5. The molecule has 0 N–H and O–H groups in total. The molecule has 0 saturated carbocycles. The summed E-state index contributed by atoms with van der Waals surface area (Å²) in [5.41, 5.74) is 2.01. The smallest absolute Gasteiger partial charge is 0.188 e. The highest BCUT2D eigenvalue weighted by atomic mass is 28.4. The zero-order chi connectivity index (χ0) is 17.8. The van der Waals surface area contributed by atoms with Crippen molar-refractivity contribution >= 4 is 8.32 Å². The van der Waals surface area contributed by atoms with Gasteiger partial charge in [0.2, 0.25) is 0 Å². The van der Waals surface area contributed by atoms with Crippen molar-refractivity contribution in [1.82, 2.24) is 0 Å². The van der Waals surface area contributed by atoms with Crippen molar-refractivity contribution in [3.8, 4) is 0 Å². The number of hydrogen-bond donors (Lipinski definition) is 0. The maximum atomic E-state index is 7.14. The highest BCUT2D eigenvalue weighted by Gasteiger charge is 2.49. The Morgan fingerprint density at radius 1 is 0.792 bits per heavy atom. The Labute approximate surface area is 149 Å². The van der Waals surface area contributed by atoms with Gasteiger partial charge in [-0.15, -0.1) is 0 Å². The number of hydrogen-bond acceptors (Lipinski definition) is 1. The van der Waals surface area contributed by atoms with Gasteiger partial charge in [0, 0.05) is 0 Å². The van der Waals surface area contributed by atoms with Crippen molar-refractivity contribution in [1.29, 1.82) is 0 Å². The van der Waals surface area contributed by atoms with E-state index in [4.69, 9.17) is 4.43 Å². The van der Waals surface area contributed by atoms with E-state index >= 15 is 0 Å². The molecule has 130 valence electrons. The van der Waals surface area contributed by atoms with Gasteiger partial charge in [0.25, 0.3) is 0 Å². The third-order valence-electron chi connectivity index (χ3n) is 4.70. The summed E-state index contributed by atoms with van der Waals surface area (Å²) >= 11 is 0. The van der Waals surface area contributed by atoms with Gasteiger partial charge in [0.15, 0.2) is 8.32 Å². The zero-order valence-corrected chi connectivity index (χ0v) is 17.1. The van der Waals surface area contributed by atoms with E-state index in [9.17, 15) is 0 Å². The first-order chi connectivity index (χ1) is 11.2. The minimum Gasteiger partial charge on any atom is -0.403 e. The van der Waals surface area contributed by atoms with E-state index in [1.54, 1.807) is 0 Å². The SMILES string of the molecule is CCC[Si](C)(C)OC(c1ccccc1)(c1ccccc1)C(C)(C)C. The third kappa shape index (κ3) is 3.81. The Hall–Kier alpha value is -1.38. The lowest BCUT2D eigenvalue weighted by atomic mass is 9.68. The quantitative estimate of drug-likeness (QED) is 0.538. The second kappa shape index (κ2) is 7.24. The molecule has 0 unspecified atom stereocenters. The average molecular weight is 341 g/mol. The van der Waals surface area contributed by atoms with Crippen LogP contribution in [0.3, 0.4) is 0 Å². The van der Waals surface area contributed by atoms with Crippen LogP contribution in [0, 0.1) is 5.41 Å². The van der Waals surface area contributed by atoms with Crippen molar-refractivity contribution < 1.29 is 4.43 Å². The Kier molecular flexibility index (Phi) is 5.72. The van der Waals surface area contributed by atoms with Crippen molar-refractivity contribution in [3.05, 3.63) is 71.8 Å². The molecule has 0 amide bonds. The Morgan fingerprint density at radius 3 is 1.54 bits per heavy atom. The minimum atomic E-state index is -1.81. The first kappa shape index (κ1) is 18.9. The molecule has 0 heterocycles. The van der Waals surface area contributed by atoms with Gasteiger partial charge in [0.05, 0.1) is 0 Å². The van der Waals surface area contributed by atoms with Crippen LogP contribution in [0.1, 0.15) is 45.2 Å². The highest BCUT2D eigenvalue weighted by molar-refractivity contribution is 6.71. The molecule has 0 saturated heterocycles. The largest absolute Gasteiger partial charge is 0.403 e. The molecule has 2 aromatic rings. The van der Waals surface area contributed by atoms with Crippen molar-refractivity contribution in [2.75, 3.05) is 0 Å². The van der Waals surface area contributed by atoms with Crippen molar-refractivity contribution in [3.63, 3.8) is 0 Å². The van der Waals surface area contributed by atoms with Gasteiger partial charge in [0.1, 0.15) is 5.60 Å². The van der Waals surface area contributed by atoms with Crippen LogP contribution in [-0.2, 0) is 10.0 Å². The Bertz CT molecular complexity index is 587. The molecule has 0 aliphatic heterocycles. The highest BCUT2D eigenvalue weighted by Crippen LogP contribution is 2.49. The van der Waals surface area contributed by atoms with E-state index in [2.05, 4.69) is 101 Å². The van der Waals surface area contributed by atoms with E-state index < -0.39 is 13.9 Å². The number of benzene rings is 2. The molecule has 0 aliphatic rings. The monoisotopic (exact) mass is 340 g/mol. The normalized spacial score (nSPS) is 13.1. The summed E-state index contributed by atoms with van der Waals surface area (Å²) in [5, 5.41) is 0. The lowest BCUT2D eigenvalue weighted by Crippen LogP contribution is -2.51. The van der Waals surface area contributed by atoms with E-state index in [0.29, 0.717) is 0 Å². The Balaban J connectivity index is 2.71. The maximum absolute atomic E-state index is 7.14. The lowest BCUT2D eigenvalue weighted by molar-refractivity contribution is -0.00936. The molecule has 0 spiro atoms. The van der Waals surface area contributed by atoms with Crippen LogP contribution in [0.4, 0.5) is 0 Å². The summed E-state index contributed by atoms with van der Waals surface area (Å²) in [4.78, 5) is 0. The molecule has 24 heavy (non-hydrogen) atoms. The summed E-state index contributed by atoms with van der Waals surface area (Å²) in [6.45, 7) is 13.8. The fourth-order valence-corrected chi connectivity index (χ4v) is 6.39. The zero-order valence-electron chi connectivity index (χ0n) is 16.1. The van der Waals surface area contributed by atoms with Gasteiger partial charge in [-0.3, -0.25) is 0 Å². The topological polar surface area (TPSA) is 9.23 Å². The predicted octanol–water partition coefficient (Wildman–Crippen LogP) is 6.61. The first-order valence-electron chi connectivity index (χ1n) is 9.04. The predicted molar refractivity (Wildman–Crippen MR) is 107 cm³/mol. The van der Waals surface area contributed by atoms with E-state index in [0.717, 1.165) is 0 Å². The van der Waals surface area contributed by atoms with Crippen LogP contribution >= 0.6 is 0 Å². The molecule has 0 aromatic heterocycles. The van der Waals surface area contributed by atoms with Crippen molar-refractivity contribution in [2.24, 2.45) is 5.41 Å². The lowest BCUT2D eigenvalue weighted by Gasteiger charge is -2.50. The van der Waals surface area contributed by atoms with Gasteiger partial charge >= 0.3 is 0 Å². The second-order valence-electron chi connectivity index (χ2n) is 8.27. The van der Waals surface area contributed by atoms with E-state index in [1.807, 2.05) is 0 Å². The molecule has 2 heteroatoms. The van der Waals surface area contributed by atoms with Gasteiger partial charge < -0.3 is 4.43 Å². The molecule has 0 aliphatic carbocycles. The molecule has 0 bridgehead atoms. The summed E-state index contributed by atoms with van der Waals surface area (Å²) in [5.74, 6) is 0. The van der Waals surface area contributed by atoms with E-state index in [1.165, 1.54) is 23.6 Å². The molecule has 0 fully saturated rings.